The Bertz CT molecular complexity index is 448. The molecule has 0 aromatic carbocycles. The number of rotatable bonds is 5. The van der Waals surface area contributed by atoms with Gasteiger partial charge in [-0.15, -0.1) is 0 Å². The van der Waals surface area contributed by atoms with Crippen molar-refractivity contribution in [1.29, 1.82) is 0 Å². The first-order valence-corrected chi connectivity index (χ1v) is 6.12. The zero-order chi connectivity index (χ0) is 13.8. The van der Waals surface area contributed by atoms with E-state index in [4.69, 9.17) is 9.84 Å². The smallest absolute Gasteiger partial charge is 0.311 e. The number of carboxylic acid groups (broad SMARTS) is 1. The van der Waals surface area contributed by atoms with Crippen LogP contribution in [0.2, 0.25) is 0 Å². The van der Waals surface area contributed by atoms with E-state index in [0.29, 0.717) is 6.54 Å². The topological polar surface area (TPSA) is 108 Å². The van der Waals surface area contributed by atoms with Gasteiger partial charge in [0.25, 0.3) is 5.91 Å². The van der Waals surface area contributed by atoms with Crippen LogP contribution in [-0.2, 0) is 9.53 Å². The van der Waals surface area contributed by atoms with E-state index in [1.807, 2.05) is 6.92 Å². The summed E-state index contributed by atoms with van der Waals surface area (Å²) in [6.07, 6.45) is 1.97. The third-order valence-corrected chi connectivity index (χ3v) is 3.11. The van der Waals surface area contributed by atoms with Gasteiger partial charge >= 0.3 is 5.97 Å². The highest BCUT2D eigenvalue weighted by Gasteiger charge is 2.40. The molecule has 8 heteroatoms. The highest BCUT2D eigenvalue weighted by atomic mass is 16.5. The Kier molecular flexibility index (Phi) is 4.10. The molecule has 1 aliphatic rings. The number of aromatic amines is 1. The number of aliphatic carboxylic acids is 1. The molecule has 2 heterocycles. The first kappa shape index (κ1) is 13.5. The van der Waals surface area contributed by atoms with Crippen molar-refractivity contribution in [2.24, 2.45) is 5.92 Å². The summed E-state index contributed by atoms with van der Waals surface area (Å²) in [7, 11) is 0. The number of aromatic nitrogens is 3. The second-order valence-electron chi connectivity index (χ2n) is 4.38. The second-order valence-corrected chi connectivity index (χ2v) is 4.38. The Morgan fingerprint density at radius 1 is 1.58 bits per heavy atom. The number of hydrogen-bond acceptors (Lipinski definition) is 5. The first-order valence-electron chi connectivity index (χ1n) is 6.12. The summed E-state index contributed by atoms with van der Waals surface area (Å²) in [5.41, 5.74) is 0. The van der Waals surface area contributed by atoms with Crippen LogP contribution in [0.15, 0.2) is 6.33 Å². The van der Waals surface area contributed by atoms with Gasteiger partial charge in [0.2, 0.25) is 5.82 Å². The molecule has 1 aromatic heterocycles. The summed E-state index contributed by atoms with van der Waals surface area (Å²) in [6.45, 7) is 2.74. The summed E-state index contributed by atoms with van der Waals surface area (Å²) < 4.78 is 5.20. The lowest BCUT2D eigenvalue weighted by Gasteiger charge is -2.29. The fourth-order valence-corrected chi connectivity index (χ4v) is 2.19. The van der Waals surface area contributed by atoms with Crippen LogP contribution < -0.4 is 0 Å². The molecule has 2 N–H and O–H groups in total. The zero-order valence-electron chi connectivity index (χ0n) is 10.6. The van der Waals surface area contributed by atoms with Gasteiger partial charge in [0.05, 0.1) is 19.3 Å². The average molecular weight is 268 g/mol. The Morgan fingerprint density at radius 2 is 2.37 bits per heavy atom. The average Bonchev–Trinajstić information content (AvgIpc) is 3.05. The molecular formula is C11H16N4O4. The second kappa shape index (κ2) is 5.79. The van der Waals surface area contributed by atoms with Crippen molar-refractivity contribution in [2.75, 3.05) is 19.8 Å². The largest absolute Gasteiger partial charge is 0.481 e. The summed E-state index contributed by atoms with van der Waals surface area (Å²) in [5.74, 6) is -1.88. The van der Waals surface area contributed by atoms with Gasteiger partial charge in [-0.05, 0) is 6.42 Å². The lowest BCUT2D eigenvalue weighted by atomic mass is 10.0. The SMILES string of the molecule is CCCN(C(=O)c1ncn[nH]1)C1COCC1C(=O)O. The molecular weight excluding hydrogens is 252 g/mol. The van der Waals surface area contributed by atoms with Crippen molar-refractivity contribution in [3.8, 4) is 0 Å². The van der Waals surface area contributed by atoms with Crippen LogP contribution in [0.4, 0.5) is 0 Å². The highest BCUT2D eigenvalue weighted by molar-refractivity contribution is 5.91. The number of carbonyl (C=O) groups excluding carboxylic acids is 1. The number of ether oxygens (including phenoxy) is 1. The van der Waals surface area contributed by atoms with Crippen molar-refractivity contribution in [2.45, 2.75) is 19.4 Å². The molecule has 2 atom stereocenters. The lowest BCUT2D eigenvalue weighted by Crippen LogP contribution is -2.47. The Labute approximate surface area is 109 Å². The molecule has 0 bridgehead atoms. The van der Waals surface area contributed by atoms with Gasteiger partial charge in [-0.1, -0.05) is 6.92 Å². The van der Waals surface area contributed by atoms with E-state index in [0.717, 1.165) is 6.42 Å². The van der Waals surface area contributed by atoms with Gasteiger partial charge < -0.3 is 14.7 Å². The van der Waals surface area contributed by atoms with Gasteiger partial charge in [-0.3, -0.25) is 14.7 Å². The third-order valence-electron chi connectivity index (χ3n) is 3.11. The highest BCUT2D eigenvalue weighted by Crippen LogP contribution is 2.21. The molecule has 0 aliphatic carbocycles. The van der Waals surface area contributed by atoms with Crippen LogP contribution in [0.25, 0.3) is 0 Å². The van der Waals surface area contributed by atoms with Crippen molar-refractivity contribution in [3.05, 3.63) is 12.2 Å². The molecule has 8 nitrogen and oxygen atoms in total. The molecule has 1 fully saturated rings. The number of nitrogens with zero attached hydrogens (tertiary/aromatic N) is 3. The molecule has 0 saturated carbocycles. The number of nitrogens with one attached hydrogen (secondary N) is 1. The molecule has 2 rings (SSSR count). The van der Waals surface area contributed by atoms with Crippen molar-refractivity contribution in [1.82, 2.24) is 20.1 Å². The van der Waals surface area contributed by atoms with Gasteiger partial charge in [0.1, 0.15) is 12.2 Å². The van der Waals surface area contributed by atoms with Crippen LogP contribution in [0, 0.1) is 5.92 Å². The molecule has 1 saturated heterocycles. The maximum atomic E-state index is 12.3. The zero-order valence-corrected chi connectivity index (χ0v) is 10.6. The lowest BCUT2D eigenvalue weighted by molar-refractivity contribution is -0.142. The predicted octanol–water partition coefficient (Wildman–Crippen LogP) is -0.243. The Morgan fingerprint density at radius 3 is 2.95 bits per heavy atom. The number of H-pyrrole nitrogens is 1. The number of amides is 1. The number of hydrogen-bond donors (Lipinski definition) is 2. The summed E-state index contributed by atoms with van der Waals surface area (Å²) in [6, 6.07) is -0.463. The van der Waals surface area contributed by atoms with E-state index in [9.17, 15) is 9.59 Å². The van der Waals surface area contributed by atoms with E-state index in [1.54, 1.807) is 0 Å². The number of carbonyl (C=O) groups is 2. The molecule has 2 unspecified atom stereocenters. The molecule has 19 heavy (non-hydrogen) atoms. The predicted molar refractivity (Wildman–Crippen MR) is 63.4 cm³/mol. The molecule has 1 amide bonds. The minimum Gasteiger partial charge on any atom is -0.481 e. The van der Waals surface area contributed by atoms with E-state index in [-0.39, 0.29) is 24.9 Å². The van der Waals surface area contributed by atoms with Crippen LogP contribution in [0.3, 0.4) is 0 Å². The maximum absolute atomic E-state index is 12.3. The minimum absolute atomic E-state index is 0.115. The van der Waals surface area contributed by atoms with Gasteiger partial charge in [-0.2, -0.15) is 5.10 Å². The monoisotopic (exact) mass is 268 g/mol. The third kappa shape index (κ3) is 2.73. The summed E-state index contributed by atoms with van der Waals surface area (Å²) in [5, 5.41) is 15.3. The molecule has 0 radical (unpaired) electrons. The fourth-order valence-electron chi connectivity index (χ4n) is 2.19. The minimum atomic E-state index is -0.950. The van der Waals surface area contributed by atoms with E-state index in [1.165, 1.54) is 11.2 Å². The van der Waals surface area contributed by atoms with Crippen LogP contribution in [-0.4, -0.2) is 62.9 Å². The molecule has 0 spiro atoms. The van der Waals surface area contributed by atoms with Gasteiger partial charge in [0.15, 0.2) is 0 Å². The normalized spacial score (nSPS) is 22.4. The summed E-state index contributed by atoms with van der Waals surface area (Å²) in [4.78, 5) is 28.8. The Hall–Kier alpha value is -1.96. The van der Waals surface area contributed by atoms with E-state index < -0.39 is 17.9 Å². The molecule has 1 aromatic rings. The van der Waals surface area contributed by atoms with Crippen molar-refractivity contribution < 1.29 is 19.4 Å². The van der Waals surface area contributed by atoms with Crippen LogP contribution >= 0.6 is 0 Å². The van der Waals surface area contributed by atoms with E-state index in [2.05, 4.69) is 15.2 Å². The van der Waals surface area contributed by atoms with Crippen molar-refractivity contribution >= 4 is 11.9 Å². The first-order chi connectivity index (χ1) is 9.15. The molecule has 1 aliphatic heterocycles. The standard InChI is InChI=1S/C11H16N4O4/c1-2-3-15(10(16)9-12-6-13-14-9)8-5-19-4-7(8)11(17)18/h6-8H,2-5H2,1H3,(H,17,18)(H,12,13,14). The van der Waals surface area contributed by atoms with E-state index >= 15 is 0 Å². The van der Waals surface area contributed by atoms with Crippen LogP contribution in [0.5, 0.6) is 0 Å². The van der Waals surface area contributed by atoms with Crippen LogP contribution in [0.1, 0.15) is 24.0 Å². The quantitative estimate of drug-likeness (QED) is 0.762. The summed E-state index contributed by atoms with van der Waals surface area (Å²) >= 11 is 0. The fraction of sp³-hybridized carbons (Fsp3) is 0.636. The molecule has 104 valence electrons. The van der Waals surface area contributed by atoms with Crippen molar-refractivity contribution in [3.63, 3.8) is 0 Å². The maximum Gasteiger partial charge on any atom is 0.311 e. The van der Waals surface area contributed by atoms with Gasteiger partial charge in [0, 0.05) is 6.54 Å². The number of carboxylic acids is 1. The Balaban J connectivity index is 2.20. The van der Waals surface area contributed by atoms with Gasteiger partial charge in [-0.25, -0.2) is 4.98 Å².